The Morgan fingerprint density at radius 2 is 1.54 bits per heavy atom. The number of sulfone groups is 1. The van der Waals surface area contributed by atoms with Crippen molar-refractivity contribution in [3.05, 3.63) is 58.6 Å². The van der Waals surface area contributed by atoms with E-state index in [0.717, 1.165) is 25.3 Å². The van der Waals surface area contributed by atoms with Crippen LogP contribution in [0.2, 0.25) is 5.02 Å². The number of likely N-dealkylation sites (tertiary alicyclic amines) is 1. The summed E-state index contributed by atoms with van der Waals surface area (Å²) >= 11 is 5.94. The molecule has 0 aromatic heterocycles. The van der Waals surface area contributed by atoms with Crippen molar-refractivity contribution in [1.82, 2.24) is 4.90 Å². The van der Waals surface area contributed by atoms with Crippen LogP contribution in [0.15, 0.2) is 47.4 Å². The normalized spacial score (nSPS) is 24.0. The number of carbonyl (C=O) groups excluding carboxylic acids is 1. The highest BCUT2D eigenvalue weighted by atomic mass is 35.5. The van der Waals surface area contributed by atoms with Gasteiger partial charge in [-0.05, 0) is 49.6 Å². The van der Waals surface area contributed by atoms with Gasteiger partial charge in [-0.25, -0.2) is 12.8 Å². The number of hydrogen-bond donors (Lipinski definition) is 0. The van der Waals surface area contributed by atoms with Gasteiger partial charge in [0.2, 0.25) is 5.91 Å². The van der Waals surface area contributed by atoms with E-state index < -0.39 is 56.6 Å². The third-order valence-corrected chi connectivity index (χ3v) is 11.3. The lowest BCUT2D eigenvalue weighted by molar-refractivity contribution is -0.348. The summed E-state index contributed by atoms with van der Waals surface area (Å²) in [6.45, 7) is -0.561. The Kier molecular flexibility index (Phi) is 7.32. The van der Waals surface area contributed by atoms with Crippen LogP contribution in [0, 0.1) is 5.92 Å². The number of hydrogen-bond acceptors (Lipinski definition) is 4. The van der Waals surface area contributed by atoms with E-state index in [2.05, 4.69) is 0 Å². The van der Waals surface area contributed by atoms with E-state index in [1.165, 1.54) is 29.2 Å². The molecule has 41 heavy (non-hydrogen) atoms. The monoisotopic (exact) mass is 627 g/mol. The second kappa shape index (κ2) is 10.0. The predicted octanol–water partition coefficient (Wildman–Crippen LogP) is 6.87. The summed E-state index contributed by atoms with van der Waals surface area (Å²) in [4.78, 5) is 14.8. The summed E-state index contributed by atoms with van der Waals surface area (Å²) in [5, 5.41) is 0.231. The highest BCUT2D eigenvalue weighted by Gasteiger charge is 2.74. The molecule has 2 aliphatic heterocycles. The van der Waals surface area contributed by atoms with Crippen LogP contribution in [-0.2, 0) is 25.0 Å². The van der Waals surface area contributed by atoms with Gasteiger partial charge in [-0.2, -0.15) is 26.3 Å². The Morgan fingerprint density at radius 1 is 0.927 bits per heavy atom. The van der Waals surface area contributed by atoms with Gasteiger partial charge in [0.1, 0.15) is 17.1 Å². The number of amides is 1. The largest absolute Gasteiger partial charge is 0.491 e. The number of fused-ring (bicyclic) bond motifs is 3. The minimum atomic E-state index is -6.36. The molecule has 2 aromatic carbocycles. The molecule has 5 rings (SSSR count). The Balaban J connectivity index is 1.68. The lowest BCUT2D eigenvalue weighted by Crippen LogP contribution is -2.56. The number of carbonyl (C=O) groups is 1. The van der Waals surface area contributed by atoms with Crippen LogP contribution in [0.3, 0.4) is 0 Å². The zero-order chi connectivity index (χ0) is 30.0. The van der Waals surface area contributed by atoms with Gasteiger partial charge in [-0.15, -0.1) is 0 Å². The molecule has 2 atom stereocenters. The van der Waals surface area contributed by atoms with Crippen LogP contribution < -0.4 is 4.74 Å². The van der Waals surface area contributed by atoms with Crippen molar-refractivity contribution in [1.29, 1.82) is 0 Å². The highest BCUT2D eigenvalue weighted by molar-refractivity contribution is 7.92. The topological polar surface area (TPSA) is 63.7 Å². The van der Waals surface area contributed by atoms with E-state index in [1.54, 1.807) is 0 Å². The zero-order valence-corrected chi connectivity index (χ0v) is 22.9. The molecular formula is C27H25ClF7NO4S. The fraction of sp³-hybridized carbons (Fsp3) is 0.519. The molecule has 3 aliphatic rings. The average Bonchev–Trinajstić information content (AvgIpc) is 3.33. The van der Waals surface area contributed by atoms with Crippen LogP contribution in [0.4, 0.5) is 30.7 Å². The van der Waals surface area contributed by atoms with E-state index in [4.69, 9.17) is 16.3 Å². The van der Waals surface area contributed by atoms with Gasteiger partial charge >= 0.3 is 18.0 Å². The average molecular weight is 628 g/mol. The first-order chi connectivity index (χ1) is 19.1. The Morgan fingerprint density at radius 3 is 2.12 bits per heavy atom. The molecule has 2 fully saturated rings. The lowest BCUT2D eigenvalue weighted by atomic mass is 9.84. The van der Waals surface area contributed by atoms with E-state index in [9.17, 15) is 43.9 Å². The Hall–Kier alpha value is -2.54. The SMILES string of the molecule is O=C(C1CCCCC1)N1CCC2(S(=O)(=O)c3ccc(Cl)cc3)c3ccc(C(F)(C(F)(F)F)C(F)(F)F)cc3OCC12. The van der Waals surface area contributed by atoms with Crippen molar-refractivity contribution < 1.29 is 48.7 Å². The molecule has 1 saturated heterocycles. The van der Waals surface area contributed by atoms with E-state index in [1.807, 2.05) is 0 Å². The predicted molar refractivity (Wildman–Crippen MR) is 134 cm³/mol. The molecule has 0 bridgehead atoms. The minimum Gasteiger partial charge on any atom is -0.491 e. The van der Waals surface area contributed by atoms with Crippen molar-refractivity contribution in [3.63, 3.8) is 0 Å². The number of ether oxygens (including phenoxy) is 1. The van der Waals surface area contributed by atoms with Gasteiger partial charge in [0.15, 0.2) is 9.84 Å². The number of alkyl halides is 7. The second-order valence-corrected chi connectivity index (χ2v) is 13.3. The van der Waals surface area contributed by atoms with Gasteiger partial charge in [-0.1, -0.05) is 43.0 Å². The zero-order valence-electron chi connectivity index (χ0n) is 21.4. The van der Waals surface area contributed by atoms with Crippen LogP contribution in [0.25, 0.3) is 0 Å². The van der Waals surface area contributed by atoms with Crippen molar-refractivity contribution >= 4 is 27.3 Å². The van der Waals surface area contributed by atoms with E-state index in [-0.39, 0.29) is 52.4 Å². The maximum Gasteiger partial charge on any atom is 0.435 e. The molecule has 0 radical (unpaired) electrons. The minimum absolute atomic E-state index is 0.0322. The summed E-state index contributed by atoms with van der Waals surface area (Å²) in [5.74, 6) is -1.24. The first-order valence-electron chi connectivity index (χ1n) is 13.0. The molecule has 5 nitrogen and oxygen atoms in total. The van der Waals surface area contributed by atoms with Gasteiger partial charge < -0.3 is 9.64 Å². The van der Waals surface area contributed by atoms with Gasteiger partial charge in [-0.3, -0.25) is 4.79 Å². The number of halogens is 8. The number of nitrogens with zero attached hydrogens (tertiary/aromatic N) is 1. The van der Waals surface area contributed by atoms with Crippen molar-refractivity contribution in [2.75, 3.05) is 13.2 Å². The van der Waals surface area contributed by atoms with Crippen molar-refractivity contribution in [2.24, 2.45) is 5.92 Å². The molecule has 2 heterocycles. The maximum atomic E-state index is 14.9. The smallest absolute Gasteiger partial charge is 0.435 e. The molecule has 0 N–H and O–H groups in total. The fourth-order valence-electron chi connectivity index (χ4n) is 6.39. The first kappa shape index (κ1) is 29.9. The fourth-order valence-corrected chi connectivity index (χ4v) is 8.80. The van der Waals surface area contributed by atoms with Crippen molar-refractivity contribution in [2.45, 2.75) is 72.2 Å². The molecule has 1 aliphatic carbocycles. The van der Waals surface area contributed by atoms with Gasteiger partial charge in [0, 0.05) is 28.6 Å². The van der Waals surface area contributed by atoms with Crippen molar-refractivity contribution in [3.8, 4) is 5.75 Å². The standard InChI is InChI=1S/C27H25ClF7NO4S/c28-18-7-9-19(10-8-18)41(38,39)24-12-13-36(23(37)16-4-2-1-3-5-16)22(24)15-40-21-14-17(6-11-20(21)24)25(29,26(30,31)32)27(33,34)35/h6-11,14,16,22H,1-5,12-13,15H2. The molecule has 1 saturated carbocycles. The molecule has 1 amide bonds. The van der Waals surface area contributed by atoms with E-state index in [0.29, 0.717) is 12.8 Å². The molecule has 2 unspecified atom stereocenters. The van der Waals surface area contributed by atoms with Gasteiger partial charge in [0.25, 0.3) is 0 Å². The Bertz CT molecular complexity index is 1430. The van der Waals surface area contributed by atoms with Crippen LogP contribution in [-0.4, -0.2) is 50.8 Å². The quantitative estimate of drug-likeness (QED) is 0.347. The van der Waals surface area contributed by atoms with Crippen LogP contribution >= 0.6 is 11.6 Å². The molecule has 0 spiro atoms. The summed E-state index contributed by atoms with van der Waals surface area (Å²) < 4.78 is 128. The molecule has 14 heteroatoms. The maximum absolute atomic E-state index is 14.9. The lowest BCUT2D eigenvalue weighted by Gasteiger charge is -2.43. The molecule has 2 aromatic rings. The number of rotatable bonds is 4. The van der Waals surface area contributed by atoms with Crippen LogP contribution in [0.5, 0.6) is 5.75 Å². The summed E-state index contributed by atoms with van der Waals surface area (Å²) in [6, 6.07) is 5.28. The molecule has 224 valence electrons. The highest BCUT2D eigenvalue weighted by Crippen LogP contribution is 2.57. The van der Waals surface area contributed by atoms with Gasteiger partial charge in [0.05, 0.1) is 10.9 Å². The summed E-state index contributed by atoms with van der Waals surface area (Å²) in [5.41, 5.74) is -7.75. The summed E-state index contributed by atoms with van der Waals surface area (Å²) in [6.07, 6.45) is -9.06. The first-order valence-corrected chi connectivity index (χ1v) is 14.8. The van der Waals surface area contributed by atoms with E-state index >= 15 is 0 Å². The third kappa shape index (κ3) is 4.49. The summed E-state index contributed by atoms with van der Waals surface area (Å²) in [7, 11) is -4.46. The van der Waals surface area contributed by atoms with Crippen LogP contribution in [0.1, 0.15) is 49.7 Å². The Labute approximate surface area is 236 Å². The second-order valence-electron chi connectivity index (χ2n) is 10.7. The number of benzene rings is 2. The third-order valence-electron chi connectivity index (χ3n) is 8.49. The molecular weight excluding hydrogens is 603 g/mol.